The van der Waals surface area contributed by atoms with Crippen LogP contribution in [0.5, 0.6) is 0 Å². The minimum Gasteiger partial charge on any atom is -0.472 e. The summed E-state index contributed by atoms with van der Waals surface area (Å²) in [4.78, 5) is 1.47. The van der Waals surface area contributed by atoms with Gasteiger partial charge in [0.2, 0.25) is 0 Å². The molecule has 1 N–H and O–H groups in total. The predicted molar refractivity (Wildman–Crippen MR) is 67.8 cm³/mol. The molecule has 16 heavy (non-hydrogen) atoms. The lowest BCUT2D eigenvalue weighted by Crippen LogP contribution is -2.19. The Bertz CT molecular complexity index is 380. The number of nitrogens with one attached hydrogen (secondary N) is 1. The van der Waals surface area contributed by atoms with E-state index in [1.54, 1.807) is 12.5 Å². The van der Waals surface area contributed by atoms with E-state index in [-0.39, 0.29) is 0 Å². The molecule has 2 nitrogen and oxygen atoms in total. The van der Waals surface area contributed by atoms with E-state index >= 15 is 0 Å². The summed E-state index contributed by atoms with van der Waals surface area (Å²) >= 11 is 1.84. The smallest absolute Gasteiger partial charge is 0.0950 e. The minimum atomic E-state index is 0.377. The van der Waals surface area contributed by atoms with Crippen LogP contribution in [0.15, 0.2) is 40.5 Å². The minimum absolute atomic E-state index is 0.377. The van der Waals surface area contributed by atoms with Gasteiger partial charge >= 0.3 is 0 Å². The molecule has 0 aliphatic heterocycles. The quantitative estimate of drug-likeness (QED) is 0.773. The first-order valence-electron chi connectivity index (χ1n) is 5.64. The Morgan fingerprint density at radius 2 is 2.38 bits per heavy atom. The zero-order chi connectivity index (χ0) is 11.2. The topological polar surface area (TPSA) is 25.2 Å². The highest BCUT2D eigenvalue weighted by molar-refractivity contribution is 7.09. The van der Waals surface area contributed by atoms with Crippen molar-refractivity contribution in [2.45, 2.75) is 25.8 Å². The van der Waals surface area contributed by atoms with Gasteiger partial charge in [-0.15, -0.1) is 11.3 Å². The van der Waals surface area contributed by atoms with Crippen LogP contribution < -0.4 is 5.32 Å². The Labute approximate surface area is 100 Å². The third-order valence-electron chi connectivity index (χ3n) is 2.67. The maximum atomic E-state index is 5.06. The molecule has 0 amide bonds. The van der Waals surface area contributed by atoms with Gasteiger partial charge < -0.3 is 9.73 Å². The molecule has 0 aliphatic rings. The molecule has 3 heteroatoms. The molecule has 86 valence electrons. The number of hydrogen-bond acceptors (Lipinski definition) is 3. The number of thiophene rings is 1. The molecule has 0 bridgehead atoms. The largest absolute Gasteiger partial charge is 0.472 e. The zero-order valence-corrected chi connectivity index (χ0v) is 10.3. The zero-order valence-electron chi connectivity index (χ0n) is 9.48. The van der Waals surface area contributed by atoms with Gasteiger partial charge in [0.25, 0.3) is 0 Å². The van der Waals surface area contributed by atoms with Gasteiger partial charge in [0.05, 0.1) is 12.5 Å². The lowest BCUT2D eigenvalue weighted by Gasteiger charge is -2.11. The van der Waals surface area contributed by atoms with Gasteiger partial charge in [0, 0.05) is 16.5 Å². The molecule has 2 aromatic heterocycles. The summed E-state index contributed by atoms with van der Waals surface area (Å²) in [6.45, 7) is 3.21. The van der Waals surface area contributed by atoms with Crippen LogP contribution in [0.4, 0.5) is 0 Å². The van der Waals surface area contributed by atoms with E-state index in [9.17, 15) is 0 Å². The number of rotatable bonds is 6. The van der Waals surface area contributed by atoms with Crippen molar-refractivity contribution in [3.05, 3.63) is 46.5 Å². The van der Waals surface area contributed by atoms with Crippen molar-refractivity contribution in [1.82, 2.24) is 5.32 Å². The predicted octanol–water partition coefficient (Wildman–Crippen LogP) is 3.62. The highest BCUT2D eigenvalue weighted by Crippen LogP contribution is 2.13. The fourth-order valence-corrected chi connectivity index (χ4v) is 2.43. The maximum Gasteiger partial charge on any atom is 0.0950 e. The molecule has 0 fully saturated rings. The molecule has 0 radical (unpaired) electrons. The Hall–Kier alpha value is -1.06. The lowest BCUT2D eigenvalue weighted by molar-refractivity contribution is 0.533. The summed E-state index contributed by atoms with van der Waals surface area (Å²) in [6, 6.07) is 6.70. The first-order valence-corrected chi connectivity index (χ1v) is 6.52. The highest BCUT2D eigenvalue weighted by Gasteiger charge is 2.04. The molecular weight excluding hydrogens is 218 g/mol. The molecule has 0 saturated carbocycles. The first kappa shape index (κ1) is 11.4. The highest BCUT2D eigenvalue weighted by atomic mass is 32.1. The van der Waals surface area contributed by atoms with Crippen LogP contribution in [0, 0.1) is 0 Å². The fourth-order valence-electron chi connectivity index (χ4n) is 1.68. The molecule has 1 unspecified atom stereocenters. The maximum absolute atomic E-state index is 5.06. The van der Waals surface area contributed by atoms with Gasteiger partial charge in [0.15, 0.2) is 0 Å². The summed E-state index contributed by atoms with van der Waals surface area (Å²) in [6.07, 6.45) is 5.88. The molecule has 0 aliphatic carbocycles. The van der Waals surface area contributed by atoms with E-state index < -0.39 is 0 Å². The van der Waals surface area contributed by atoms with Crippen LogP contribution in [0.2, 0.25) is 0 Å². The monoisotopic (exact) mass is 235 g/mol. The van der Waals surface area contributed by atoms with Crippen molar-refractivity contribution in [2.75, 3.05) is 6.54 Å². The number of furan rings is 1. The second kappa shape index (κ2) is 5.87. The molecule has 2 aromatic rings. The van der Waals surface area contributed by atoms with Crippen molar-refractivity contribution < 1.29 is 4.42 Å². The average molecular weight is 235 g/mol. The Balaban J connectivity index is 1.65. The summed E-state index contributed by atoms with van der Waals surface area (Å²) in [7, 11) is 0. The van der Waals surface area contributed by atoms with Gasteiger partial charge in [-0.2, -0.15) is 0 Å². The van der Waals surface area contributed by atoms with Crippen molar-refractivity contribution in [3.8, 4) is 0 Å². The van der Waals surface area contributed by atoms with Gasteiger partial charge in [-0.3, -0.25) is 0 Å². The van der Waals surface area contributed by atoms with E-state index in [1.807, 2.05) is 17.4 Å². The van der Waals surface area contributed by atoms with Crippen molar-refractivity contribution in [3.63, 3.8) is 0 Å². The Kier molecular flexibility index (Phi) is 4.19. The van der Waals surface area contributed by atoms with E-state index in [1.165, 1.54) is 23.3 Å². The summed E-state index contributed by atoms with van der Waals surface area (Å²) in [5.41, 5.74) is 1.22. The van der Waals surface area contributed by atoms with Crippen LogP contribution in [-0.4, -0.2) is 6.54 Å². The molecule has 1 atom stereocenters. The third kappa shape index (κ3) is 3.22. The second-order valence-corrected chi connectivity index (χ2v) is 4.95. The van der Waals surface area contributed by atoms with Gasteiger partial charge in [-0.1, -0.05) is 6.07 Å². The van der Waals surface area contributed by atoms with Crippen molar-refractivity contribution in [2.24, 2.45) is 0 Å². The van der Waals surface area contributed by atoms with E-state index in [4.69, 9.17) is 4.42 Å². The summed E-state index contributed by atoms with van der Waals surface area (Å²) < 4.78 is 5.06. The van der Waals surface area contributed by atoms with Crippen molar-refractivity contribution in [1.29, 1.82) is 0 Å². The van der Waals surface area contributed by atoms with Crippen LogP contribution in [-0.2, 0) is 6.42 Å². The summed E-state index contributed by atoms with van der Waals surface area (Å²) in [5.74, 6) is 0. The standard InChI is InChI=1S/C13H17NOS/c1-11(12-6-8-15-10-12)14-7-2-4-13-5-3-9-16-13/h3,5-6,8-11,14H,2,4,7H2,1H3. The Morgan fingerprint density at radius 3 is 3.06 bits per heavy atom. The normalized spacial score (nSPS) is 12.8. The number of aryl methyl sites for hydroxylation is 1. The van der Waals surface area contributed by atoms with Crippen LogP contribution >= 0.6 is 11.3 Å². The molecule has 0 saturated heterocycles. The van der Waals surface area contributed by atoms with Crippen LogP contribution in [0.1, 0.15) is 29.8 Å². The third-order valence-corrected chi connectivity index (χ3v) is 3.61. The molecule has 2 rings (SSSR count). The molecular formula is C13H17NOS. The second-order valence-electron chi connectivity index (χ2n) is 3.92. The Morgan fingerprint density at radius 1 is 1.44 bits per heavy atom. The first-order chi connectivity index (χ1) is 7.86. The average Bonchev–Trinajstić information content (AvgIpc) is 2.96. The molecule has 0 aromatic carbocycles. The summed E-state index contributed by atoms with van der Waals surface area (Å²) in [5, 5.41) is 5.63. The SMILES string of the molecule is CC(NCCCc1cccs1)c1ccoc1. The number of hydrogen-bond donors (Lipinski definition) is 1. The molecule has 0 spiro atoms. The van der Waals surface area contributed by atoms with Crippen LogP contribution in [0.3, 0.4) is 0 Å². The molecule has 2 heterocycles. The van der Waals surface area contributed by atoms with Gasteiger partial charge in [-0.25, -0.2) is 0 Å². The van der Waals surface area contributed by atoms with E-state index in [0.29, 0.717) is 6.04 Å². The van der Waals surface area contributed by atoms with Gasteiger partial charge in [-0.05, 0) is 43.8 Å². The fraction of sp³-hybridized carbons (Fsp3) is 0.385. The lowest BCUT2D eigenvalue weighted by atomic mass is 10.2. The van der Waals surface area contributed by atoms with E-state index in [0.717, 1.165) is 6.54 Å². The van der Waals surface area contributed by atoms with Gasteiger partial charge in [0.1, 0.15) is 0 Å². The van der Waals surface area contributed by atoms with Crippen LogP contribution in [0.25, 0.3) is 0 Å². The van der Waals surface area contributed by atoms with Crippen molar-refractivity contribution >= 4 is 11.3 Å². The van der Waals surface area contributed by atoms with E-state index in [2.05, 4.69) is 29.8 Å².